The molecular weight excluding hydrogens is 312 g/mol. The van der Waals surface area contributed by atoms with Gasteiger partial charge in [-0.25, -0.2) is 8.42 Å². The minimum absolute atomic E-state index is 0.180. The summed E-state index contributed by atoms with van der Waals surface area (Å²) in [7, 11) is -0.289. The van der Waals surface area contributed by atoms with Crippen LogP contribution in [0.2, 0.25) is 5.02 Å². The van der Waals surface area contributed by atoms with Crippen LogP contribution < -0.4 is 5.32 Å². The number of nitrogens with one attached hydrogen (secondary N) is 1. The molecule has 0 bridgehead atoms. The van der Waals surface area contributed by atoms with E-state index < -0.39 is 10.0 Å². The molecule has 1 aromatic heterocycles. The Labute approximate surface area is 129 Å². The third kappa shape index (κ3) is 3.65. The van der Waals surface area contributed by atoms with Gasteiger partial charge in [0.05, 0.1) is 17.7 Å². The molecule has 2 rings (SSSR count). The van der Waals surface area contributed by atoms with Crippen LogP contribution in [0.3, 0.4) is 0 Å². The predicted octanol–water partition coefficient (Wildman–Crippen LogP) is 2.47. The first-order valence-electron chi connectivity index (χ1n) is 6.37. The zero-order valence-electron chi connectivity index (χ0n) is 11.8. The molecule has 0 saturated heterocycles. The molecule has 0 aliphatic rings. The van der Waals surface area contributed by atoms with E-state index in [2.05, 4.69) is 5.32 Å². The second-order valence-electron chi connectivity index (χ2n) is 4.62. The summed E-state index contributed by atoms with van der Waals surface area (Å²) < 4.78 is 31.5. The van der Waals surface area contributed by atoms with Crippen LogP contribution in [0.25, 0.3) is 0 Å². The third-order valence-electron chi connectivity index (χ3n) is 3.05. The van der Waals surface area contributed by atoms with E-state index in [1.54, 1.807) is 31.3 Å². The lowest BCUT2D eigenvalue weighted by Gasteiger charge is -2.17. The van der Waals surface area contributed by atoms with Gasteiger partial charge in [0, 0.05) is 18.6 Å². The standard InChI is InChI=1S/C14H17ClN2O3S/c1-16-9-11-8-13(5-6-14(11)15)21(18,19)17(2)10-12-4-3-7-20-12/h3-8,16H,9-10H2,1-2H3. The minimum atomic E-state index is -3.59. The Morgan fingerprint density at radius 1 is 1.33 bits per heavy atom. The second kappa shape index (κ2) is 6.62. The highest BCUT2D eigenvalue weighted by atomic mass is 35.5. The number of hydrogen-bond donors (Lipinski definition) is 1. The summed E-state index contributed by atoms with van der Waals surface area (Å²) >= 11 is 6.06. The Kier molecular flexibility index (Phi) is 5.05. The van der Waals surface area contributed by atoms with Crippen molar-refractivity contribution in [2.75, 3.05) is 14.1 Å². The van der Waals surface area contributed by atoms with Gasteiger partial charge in [-0.2, -0.15) is 4.31 Å². The lowest BCUT2D eigenvalue weighted by Crippen LogP contribution is -2.26. The van der Waals surface area contributed by atoms with Gasteiger partial charge < -0.3 is 9.73 Å². The van der Waals surface area contributed by atoms with Crippen molar-refractivity contribution in [2.45, 2.75) is 18.0 Å². The molecule has 0 aliphatic heterocycles. The first-order chi connectivity index (χ1) is 9.95. The van der Waals surface area contributed by atoms with Gasteiger partial charge in [0.25, 0.3) is 0 Å². The molecule has 2 aromatic rings. The Balaban J connectivity index is 2.28. The summed E-state index contributed by atoms with van der Waals surface area (Å²) in [6, 6.07) is 8.16. The molecule has 0 fully saturated rings. The number of furan rings is 1. The fourth-order valence-electron chi connectivity index (χ4n) is 1.92. The zero-order chi connectivity index (χ0) is 15.5. The monoisotopic (exact) mass is 328 g/mol. The lowest BCUT2D eigenvalue weighted by atomic mass is 10.2. The van der Waals surface area contributed by atoms with Gasteiger partial charge in [-0.05, 0) is 42.9 Å². The Morgan fingerprint density at radius 2 is 2.10 bits per heavy atom. The van der Waals surface area contributed by atoms with Crippen LogP contribution in [0.4, 0.5) is 0 Å². The van der Waals surface area contributed by atoms with Crippen molar-refractivity contribution in [3.05, 3.63) is 52.9 Å². The van der Waals surface area contributed by atoms with Crippen LogP contribution in [-0.2, 0) is 23.1 Å². The molecule has 1 heterocycles. The summed E-state index contributed by atoms with van der Waals surface area (Å²) in [5, 5.41) is 3.50. The minimum Gasteiger partial charge on any atom is -0.468 e. The molecule has 0 radical (unpaired) electrons. The molecule has 1 aromatic carbocycles. The van der Waals surface area contributed by atoms with Crippen molar-refractivity contribution < 1.29 is 12.8 Å². The number of nitrogens with zero attached hydrogens (tertiary/aromatic N) is 1. The van der Waals surface area contributed by atoms with E-state index in [9.17, 15) is 8.42 Å². The highest BCUT2D eigenvalue weighted by Crippen LogP contribution is 2.23. The molecule has 21 heavy (non-hydrogen) atoms. The predicted molar refractivity (Wildman–Crippen MR) is 81.6 cm³/mol. The van der Waals surface area contributed by atoms with Crippen molar-refractivity contribution in [3.8, 4) is 0 Å². The quantitative estimate of drug-likeness (QED) is 0.885. The van der Waals surface area contributed by atoms with Crippen molar-refractivity contribution in [1.29, 1.82) is 0 Å². The molecular formula is C14H17ClN2O3S. The first kappa shape index (κ1) is 16.0. The zero-order valence-corrected chi connectivity index (χ0v) is 13.4. The Hall–Kier alpha value is -1.34. The first-order valence-corrected chi connectivity index (χ1v) is 8.18. The summed E-state index contributed by atoms with van der Waals surface area (Å²) in [4.78, 5) is 0.214. The SMILES string of the molecule is CNCc1cc(S(=O)(=O)N(C)Cc2ccco2)ccc1Cl. The molecule has 0 unspecified atom stereocenters. The average Bonchev–Trinajstić information content (AvgIpc) is 2.94. The van der Waals surface area contributed by atoms with E-state index in [-0.39, 0.29) is 11.4 Å². The number of sulfonamides is 1. The molecule has 0 saturated carbocycles. The number of benzene rings is 1. The highest BCUT2D eigenvalue weighted by Gasteiger charge is 2.22. The van der Waals surface area contributed by atoms with E-state index in [4.69, 9.17) is 16.0 Å². The maximum absolute atomic E-state index is 12.5. The van der Waals surface area contributed by atoms with Gasteiger partial charge in [0.15, 0.2) is 0 Å². The van der Waals surface area contributed by atoms with E-state index in [0.29, 0.717) is 17.3 Å². The molecule has 0 amide bonds. The smallest absolute Gasteiger partial charge is 0.243 e. The highest BCUT2D eigenvalue weighted by molar-refractivity contribution is 7.89. The fourth-order valence-corrected chi connectivity index (χ4v) is 3.30. The normalized spacial score (nSPS) is 12.0. The molecule has 7 heteroatoms. The van der Waals surface area contributed by atoms with Crippen molar-refractivity contribution >= 4 is 21.6 Å². The molecule has 5 nitrogen and oxygen atoms in total. The van der Waals surface area contributed by atoms with Crippen LogP contribution in [0, 0.1) is 0 Å². The molecule has 0 aliphatic carbocycles. The third-order valence-corrected chi connectivity index (χ3v) is 5.22. The topological polar surface area (TPSA) is 62.6 Å². The van der Waals surface area contributed by atoms with Crippen LogP contribution in [0.5, 0.6) is 0 Å². The van der Waals surface area contributed by atoms with Gasteiger partial charge in [-0.3, -0.25) is 0 Å². The summed E-state index contributed by atoms with van der Waals surface area (Å²) in [6.07, 6.45) is 1.52. The van der Waals surface area contributed by atoms with Crippen LogP contribution in [-0.4, -0.2) is 26.8 Å². The molecule has 0 atom stereocenters. The molecule has 0 spiro atoms. The van der Waals surface area contributed by atoms with Crippen molar-refractivity contribution in [2.24, 2.45) is 0 Å². The van der Waals surface area contributed by atoms with Crippen LogP contribution in [0.15, 0.2) is 45.9 Å². The number of rotatable bonds is 6. The lowest BCUT2D eigenvalue weighted by molar-refractivity contribution is 0.406. The van der Waals surface area contributed by atoms with Gasteiger partial charge >= 0.3 is 0 Å². The number of halogens is 1. The van der Waals surface area contributed by atoms with E-state index >= 15 is 0 Å². The summed E-state index contributed by atoms with van der Waals surface area (Å²) in [6.45, 7) is 0.684. The summed E-state index contributed by atoms with van der Waals surface area (Å²) in [5.74, 6) is 0.588. The van der Waals surface area contributed by atoms with Crippen LogP contribution >= 0.6 is 11.6 Å². The van der Waals surface area contributed by atoms with E-state index in [1.165, 1.54) is 23.7 Å². The second-order valence-corrected chi connectivity index (χ2v) is 7.08. The number of hydrogen-bond acceptors (Lipinski definition) is 4. The summed E-state index contributed by atoms with van der Waals surface area (Å²) in [5.41, 5.74) is 0.742. The van der Waals surface area contributed by atoms with E-state index in [1.807, 2.05) is 0 Å². The largest absolute Gasteiger partial charge is 0.468 e. The van der Waals surface area contributed by atoms with Gasteiger partial charge in [-0.1, -0.05) is 11.6 Å². The van der Waals surface area contributed by atoms with Gasteiger partial charge in [0.2, 0.25) is 10.0 Å². The Bertz CT molecular complexity index is 699. The average molecular weight is 329 g/mol. The molecule has 1 N–H and O–H groups in total. The van der Waals surface area contributed by atoms with Gasteiger partial charge in [0.1, 0.15) is 5.76 Å². The fraction of sp³-hybridized carbons (Fsp3) is 0.286. The molecule has 114 valence electrons. The van der Waals surface area contributed by atoms with Crippen molar-refractivity contribution in [3.63, 3.8) is 0 Å². The van der Waals surface area contributed by atoms with Crippen LogP contribution in [0.1, 0.15) is 11.3 Å². The maximum atomic E-state index is 12.5. The van der Waals surface area contributed by atoms with Gasteiger partial charge in [-0.15, -0.1) is 0 Å². The maximum Gasteiger partial charge on any atom is 0.243 e. The Morgan fingerprint density at radius 3 is 2.71 bits per heavy atom. The van der Waals surface area contributed by atoms with E-state index in [0.717, 1.165) is 5.56 Å². The van der Waals surface area contributed by atoms with Crippen molar-refractivity contribution in [1.82, 2.24) is 9.62 Å².